The van der Waals surface area contributed by atoms with Gasteiger partial charge in [0.15, 0.2) is 0 Å². The van der Waals surface area contributed by atoms with Crippen molar-refractivity contribution in [3.05, 3.63) is 114 Å². The summed E-state index contributed by atoms with van der Waals surface area (Å²) in [6.07, 6.45) is 2.14. The zero-order chi connectivity index (χ0) is 19.1. The molecule has 0 unspecified atom stereocenters. The largest absolute Gasteiger partial charge is 0.161 e. The summed E-state index contributed by atoms with van der Waals surface area (Å²) in [7, 11) is 0. The van der Waals surface area contributed by atoms with E-state index in [0.717, 1.165) is 5.75 Å². The lowest BCUT2D eigenvalue weighted by Gasteiger charge is -2.22. The second-order valence-electron chi connectivity index (χ2n) is 7.39. The van der Waals surface area contributed by atoms with Crippen LogP contribution in [0.4, 0.5) is 0 Å². The fourth-order valence-corrected chi connectivity index (χ4v) is 5.14. The number of benzene rings is 4. The Balaban J connectivity index is 1.86. The minimum Gasteiger partial charge on any atom is -0.161 e. The molecule has 1 heteroatoms. The van der Waals surface area contributed by atoms with E-state index in [9.17, 15) is 0 Å². The summed E-state index contributed by atoms with van der Waals surface area (Å²) < 4.78 is 0. The van der Waals surface area contributed by atoms with Crippen LogP contribution in [0.1, 0.15) is 28.2 Å². The molecule has 0 nitrogen and oxygen atoms in total. The molecular weight excluding hydrogens is 356 g/mol. The van der Waals surface area contributed by atoms with Gasteiger partial charge in [-0.25, -0.2) is 0 Å². The quantitative estimate of drug-likeness (QED) is 0.314. The van der Waals surface area contributed by atoms with Gasteiger partial charge >= 0.3 is 0 Å². The van der Waals surface area contributed by atoms with Gasteiger partial charge in [-0.2, -0.15) is 11.8 Å². The fourth-order valence-electron chi connectivity index (χ4n) is 4.63. The van der Waals surface area contributed by atoms with E-state index in [0.29, 0.717) is 0 Å². The number of rotatable bonds is 4. The van der Waals surface area contributed by atoms with E-state index in [1.165, 1.54) is 49.7 Å². The lowest BCUT2D eigenvalue weighted by atomic mass is 9.81. The molecule has 1 aliphatic rings. The SMILES string of the molecule is C=C(CSC)c1ccc2ccccc2c1C1c2ccccc2-c2ccccc21. The van der Waals surface area contributed by atoms with Crippen LogP contribution in [0, 0.1) is 0 Å². The molecule has 28 heavy (non-hydrogen) atoms. The predicted molar refractivity (Wildman–Crippen MR) is 124 cm³/mol. The number of hydrogen-bond acceptors (Lipinski definition) is 1. The normalized spacial score (nSPS) is 12.8. The Bertz CT molecular complexity index is 1160. The fraction of sp³-hybridized carbons (Fsp3) is 0.111. The van der Waals surface area contributed by atoms with Crippen LogP contribution in [0.15, 0.2) is 91.5 Å². The molecule has 136 valence electrons. The van der Waals surface area contributed by atoms with Crippen LogP contribution in [-0.4, -0.2) is 12.0 Å². The third kappa shape index (κ3) is 2.62. The van der Waals surface area contributed by atoms with Crippen molar-refractivity contribution in [1.82, 2.24) is 0 Å². The highest BCUT2D eigenvalue weighted by molar-refractivity contribution is 7.99. The van der Waals surface area contributed by atoms with Gasteiger partial charge in [0, 0.05) is 11.7 Å². The highest BCUT2D eigenvalue weighted by Gasteiger charge is 2.32. The molecule has 4 aromatic carbocycles. The van der Waals surface area contributed by atoms with Crippen molar-refractivity contribution < 1.29 is 0 Å². The van der Waals surface area contributed by atoms with Gasteiger partial charge in [0.1, 0.15) is 0 Å². The molecule has 0 heterocycles. The van der Waals surface area contributed by atoms with Gasteiger partial charge in [0.05, 0.1) is 0 Å². The Morgan fingerprint density at radius 1 is 0.786 bits per heavy atom. The van der Waals surface area contributed by atoms with Crippen molar-refractivity contribution in [2.75, 3.05) is 12.0 Å². The maximum absolute atomic E-state index is 4.44. The molecule has 1 aliphatic carbocycles. The third-order valence-electron chi connectivity index (χ3n) is 5.79. The van der Waals surface area contributed by atoms with Crippen LogP contribution < -0.4 is 0 Å². The molecule has 0 aromatic heterocycles. The Morgan fingerprint density at radius 3 is 2.07 bits per heavy atom. The zero-order valence-electron chi connectivity index (χ0n) is 16.0. The monoisotopic (exact) mass is 378 g/mol. The first kappa shape index (κ1) is 17.3. The summed E-state index contributed by atoms with van der Waals surface area (Å²) >= 11 is 1.83. The molecule has 0 fully saturated rings. The minimum atomic E-state index is 0.243. The highest BCUT2D eigenvalue weighted by Crippen LogP contribution is 2.50. The van der Waals surface area contributed by atoms with E-state index in [-0.39, 0.29) is 5.92 Å². The number of thioether (sulfide) groups is 1. The number of hydrogen-bond donors (Lipinski definition) is 0. The molecular formula is C27H22S. The second-order valence-corrected chi connectivity index (χ2v) is 8.26. The lowest BCUT2D eigenvalue weighted by Crippen LogP contribution is -2.05. The van der Waals surface area contributed by atoms with Crippen molar-refractivity contribution >= 4 is 28.1 Å². The maximum atomic E-state index is 4.44. The molecule has 5 rings (SSSR count). The van der Waals surface area contributed by atoms with Gasteiger partial charge in [-0.1, -0.05) is 91.5 Å². The van der Waals surface area contributed by atoms with Crippen molar-refractivity contribution in [3.63, 3.8) is 0 Å². The molecule has 0 N–H and O–H groups in total. The predicted octanol–water partition coefficient (Wildman–Crippen LogP) is 7.38. The van der Waals surface area contributed by atoms with Crippen LogP contribution in [0.5, 0.6) is 0 Å². The summed E-state index contributed by atoms with van der Waals surface area (Å²) in [6, 6.07) is 31.0. The van der Waals surface area contributed by atoms with Gasteiger partial charge in [-0.3, -0.25) is 0 Å². The van der Waals surface area contributed by atoms with Gasteiger partial charge < -0.3 is 0 Å². The standard InChI is InChI=1S/C27H22S/c1-18(17-28-2)20-16-15-19-9-3-4-10-21(19)26(20)27-24-13-7-5-11-22(24)23-12-6-8-14-25(23)27/h3-16,27H,1,17H2,2H3. The van der Waals surface area contributed by atoms with Crippen LogP contribution in [0.3, 0.4) is 0 Å². The third-order valence-corrected chi connectivity index (χ3v) is 6.43. The molecule has 0 spiro atoms. The van der Waals surface area contributed by atoms with E-state index in [1.807, 2.05) is 11.8 Å². The first-order valence-corrected chi connectivity index (χ1v) is 11.1. The molecule has 0 aliphatic heterocycles. The molecule has 0 radical (unpaired) electrons. The zero-order valence-corrected chi connectivity index (χ0v) is 16.8. The van der Waals surface area contributed by atoms with E-state index in [1.54, 1.807) is 0 Å². The smallest absolute Gasteiger partial charge is 0.0364 e. The first-order valence-electron chi connectivity index (χ1n) is 9.66. The molecule has 0 saturated heterocycles. The second kappa shape index (κ2) is 7.00. The average molecular weight is 379 g/mol. The van der Waals surface area contributed by atoms with Crippen LogP contribution in [0.25, 0.3) is 27.5 Å². The Labute approximate surface area is 170 Å². The van der Waals surface area contributed by atoms with E-state index in [4.69, 9.17) is 0 Å². The Kier molecular flexibility index (Phi) is 4.33. The first-order chi connectivity index (χ1) is 13.8. The maximum Gasteiger partial charge on any atom is 0.0364 e. The molecule has 0 saturated carbocycles. The van der Waals surface area contributed by atoms with Gasteiger partial charge in [-0.05, 0) is 56.0 Å². The van der Waals surface area contributed by atoms with Crippen molar-refractivity contribution in [2.45, 2.75) is 5.92 Å². The lowest BCUT2D eigenvalue weighted by molar-refractivity contribution is 1.02. The molecule has 0 amide bonds. The van der Waals surface area contributed by atoms with Crippen LogP contribution in [0.2, 0.25) is 0 Å². The molecule has 4 aromatic rings. The van der Waals surface area contributed by atoms with Crippen molar-refractivity contribution in [3.8, 4) is 11.1 Å². The van der Waals surface area contributed by atoms with E-state index in [2.05, 4.69) is 97.8 Å². The van der Waals surface area contributed by atoms with Gasteiger partial charge in [0.25, 0.3) is 0 Å². The summed E-state index contributed by atoms with van der Waals surface area (Å²) in [5, 5.41) is 2.62. The topological polar surface area (TPSA) is 0 Å². The van der Waals surface area contributed by atoms with Crippen LogP contribution in [-0.2, 0) is 0 Å². The summed E-state index contributed by atoms with van der Waals surface area (Å²) in [5.74, 6) is 1.19. The van der Waals surface area contributed by atoms with Crippen molar-refractivity contribution in [1.29, 1.82) is 0 Å². The summed E-state index contributed by atoms with van der Waals surface area (Å²) in [5.41, 5.74) is 9.42. The van der Waals surface area contributed by atoms with Crippen molar-refractivity contribution in [2.24, 2.45) is 0 Å². The van der Waals surface area contributed by atoms with Gasteiger partial charge in [-0.15, -0.1) is 0 Å². The van der Waals surface area contributed by atoms with E-state index < -0.39 is 0 Å². The summed E-state index contributed by atoms with van der Waals surface area (Å²) in [4.78, 5) is 0. The molecule has 0 atom stereocenters. The van der Waals surface area contributed by atoms with Gasteiger partial charge in [0.2, 0.25) is 0 Å². The average Bonchev–Trinajstić information content (AvgIpc) is 3.07. The summed E-state index contributed by atoms with van der Waals surface area (Å²) in [6.45, 7) is 4.44. The minimum absolute atomic E-state index is 0.243. The highest BCUT2D eigenvalue weighted by atomic mass is 32.2. The molecule has 0 bridgehead atoms. The Hall–Kier alpha value is -2.77. The Morgan fingerprint density at radius 2 is 1.39 bits per heavy atom. The number of fused-ring (bicyclic) bond motifs is 4. The van der Waals surface area contributed by atoms with E-state index >= 15 is 0 Å². The van der Waals surface area contributed by atoms with Crippen LogP contribution >= 0.6 is 11.8 Å².